The molecule has 0 aliphatic heterocycles. The summed E-state index contributed by atoms with van der Waals surface area (Å²) in [5.74, 6) is 0.420. The molecule has 4 nitrogen and oxygen atoms in total. The molecule has 0 fully saturated rings. The van der Waals surface area contributed by atoms with E-state index in [1.54, 1.807) is 0 Å². The monoisotopic (exact) mass is 277 g/mol. The Morgan fingerprint density at radius 2 is 2.00 bits per heavy atom. The Morgan fingerprint density at radius 1 is 1.26 bits per heavy atom. The SMILES string of the molecule is CC(C)NC(=O)Nc1nc2c(C(C)C)cccc2s1. The van der Waals surface area contributed by atoms with Gasteiger partial charge in [-0.15, -0.1) is 0 Å². The number of hydrogen-bond donors (Lipinski definition) is 2. The van der Waals surface area contributed by atoms with Crippen molar-refractivity contribution in [3.05, 3.63) is 23.8 Å². The van der Waals surface area contributed by atoms with Crippen LogP contribution in [0.2, 0.25) is 0 Å². The van der Waals surface area contributed by atoms with Gasteiger partial charge in [-0.3, -0.25) is 5.32 Å². The highest BCUT2D eigenvalue weighted by molar-refractivity contribution is 7.22. The molecule has 102 valence electrons. The number of carbonyl (C=O) groups is 1. The lowest BCUT2D eigenvalue weighted by Gasteiger charge is -2.07. The maximum Gasteiger partial charge on any atom is 0.321 e. The van der Waals surface area contributed by atoms with Gasteiger partial charge < -0.3 is 5.32 Å². The minimum absolute atomic E-state index is 0.112. The Kier molecular flexibility index (Phi) is 4.04. The molecule has 2 rings (SSSR count). The number of nitrogens with zero attached hydrogens (tertiary/aromatic N) is 1. The molecule has 19 heavy (non-hydrogen) atoms. The molecule has 0 spiro atoms. The standard InChI is InChI=1S/C14H19N3OS/c1-8(2)10-6-5-7-11-12(10)16-14(19-11)17-13(18)15-9(3)4/h5-9H,1-4H3,(H2,15,16,17,18). The van der Waals surface area contributed by atoms with Crippen molar-refractivity contribution in [3.8, 4) is 0 Å². The van der Waals surface area contributed by atoms with Crippen LogP contribution < -0.4 is 10.6 Å². The summed E-state index contributed by atoms with van der Waals surface area (Å²) < 4.78 is 1.10. The molecule has 2 aromatic rings. The molecule has 1 aromatic carbocycles. The lowest BCUT2D eigenvalue weighted by molar-refractivity contribution is 0.250. The minimum Gasteiger partial charge on any atom is -0.336 e. The number of para-hydroxylation sites is 1. The second kappa shape index (κ2) is 5.57. The minimum atomic E-state index is -0.208. The molecule has 0 aliphatic carbocycles. The zero-order chi connectivity index (χ0) is 14.0. The normalized spacial score (nSPS) is 11.3. The van der Waals surface area contributed by atoms with Crippen LogP contribution in [-0.4, -0.2) is 17.1 Å². The average Bonchev–Trinajstić information content (AvgIpc) is 2.68. The van der Waals surface area contributed by atoms with Gasteiger partial charge >= 0.3 is 6.03 Å². The van der Waals surface area contributed by atoms with Crippen LogP contribution in [0.25, 0.3) is 10.2 Å². The Bertz CT molecular complexity index is 589. The molecule has 0 atom stereocenters. The van der Waals surface area contributed by atoms with E-state index in [4.69, 9.17) is 0 Å². The summed E-state index contributed by atoms with van der Waals surface area (Å²) in [5, 5.41) is 6.22. The van der Waals surface area contributed by atoms with Crippen LogP contribution in [0.4, 0.5) is 9.93 Å². The van der Waals surface area contributed by atoms with Gasteiger partial charge in [0.05, 0.1) is 10.2 Å². The van der Waals surface area contributed by atoms with Crippen molar-refractivity contribution in [3.63, 3.8) is 0 Å². The topological polar surface area (TPSA) is 54.0 Å². The molecule has 0 saturated heterocycles. The first-order valence-electron chi connectivity index (χ1n) is 6.44. The molecule has 2 N–H and O–H groups in total. The van der Waals surface area contributed by atoms with Gasteiger partial charge in [-0.1, -0.05) is 37.3 Å². The summed E-state index contributed by atoms with van der Waals surface area (Å²) in [6, 6.07) is 6.06. The van der Waals surface area contributed by atoms with E-state index in [1.807, 2.05) is 26.0 Å². The lowest BCUT2D eigenvalue weighted by atomic mass is 10.0. The summed E-state index contributed by atoms with van der Waals surface area (Å²) in [7, 11) is 0. The van der Waals surface area contributed by atoms with Crippen LogP contribution in [0.15, 0.2) is 18.2 Å². The van der Waals surface area contributed by atoms with Gasteiger partial charge in [-0.05, 0) is 31.4 Å². The number of aromatic nitrogens is 1. The van der Waals surface area contributed by atoms with Gasteiger partial charge in [-0.25, -0.2) is 9.78 Å². The molecule has 5 heteroatoms. The van der Waals surface area contributed by atoms with Crippen molar-refractivity contribution in [2.45, 2.75) is 39.7 Å². The molecule has 0 aliphatic rings. The van der Waals surface area contributed by atoms with Gasteiger partial charge in [0.15, 0.2) is 5.13 Å². The zero-order valence-electron chi connectivity index (χ0n) is 11.7. The highest BCUT2D eigenvalue weighted by Gasteiger charge is 2.12. The Morgan fingerprint density at radius 3 is 2.63 bits per heavy atom. The number of nitrogens with one attached hydrogen (secondary N) is 2. The summed E-state index contributed by atoms with van der Waals surface area (Å²) in [6.07, 6.45) is 0. The highest BCUT2D eigenvalue weighted by atomic mass is 32.1. The summed E-state index contributed by atoms with van der Waals surface area (Å²) in [6.45, 7) is 8.14. The maximum absolute atomic E-state index is 11.7. The first-order valence-corrected chi connectivity index (χ1v) is 7.26. The van der Waals surface area contributed by atoms with Crippen LogP contribution in [0.3, 0.4) is 0 Å². The number of fused-ring (bicyclic) bond motifs is 1. The maximum atomic E-state index is 11.7. The number of urea groups is 1. The number of thiazole rings is 1. The third-order valence-electron chi connectivity index (χ3n) is 2.71. The van der Waals surface area contributed by atoms with Gasteiger partial charge in [0.1, 0.15) is 0 Å². The molecule has 1 heterocycles. The third kappa shape index (κ3) is 3.23. The van der Waals surface area contributed by atoms with Crippen molar-refractivity contribution in [1.29, 1.82) is 0 Å². The summed E-state index contributed by atoms with van der Waals surface area (Å²) in [5.41, 5.74) is 2.20. The van der Waals surface area contributed by atoms with Crippen molar-refractivity contribution in [2.24, 2.45) is 0 Å². The van der Waals surface area contributed by atoms with E-state index in [9.17, 15) is 4.79 Å². The van der Waals surface area contributed by atoms with E-state index in [-0.39, 0.29) is 12.1 Å². The number of benzene rings is 1. The Labute approximate surface area is 117 Å². The van der Waals surface area contributed by atoms with Gasteiger partial charge in [0.25, 0.3) is 0 Å². The summed E-state index contributed by atoms with van der Waals surface area (Å²) in [4.78, 5) is 16.2. The summed E-state index contributed by atoms with van der Waals surface area (Å²) >= 11 is 1.50. The predicted molar refractivity (Wildman–Crippen MR) is 81.0 cm³/mol. The highest BCUT2D eigenvalue weighted by Crippen LogP contribution is 2.31. The van der Waals surface area contributed by atoms with Gasteiger partial charge in [0, 0.05) is 6.04 Å². The number of anilines is 1. The van der Waals surface area contributed by atoms with Crippen molar-refractivity contribution in [1.82, 2.24) is 10.3 Å². The van der Waals surface area contributed by atoms with E-state index in [0.717, 1.165) is 10.2 Å². The lowest BCUT2D eigenvalue weighted by Crippen LogP contribution is -2.34. The zero-order valence-corrected chi connectivity index (χ0v) is 12.5. The fourth-order valence-electron chi connectivity index (χ4n) is 1.88. The van der Waals surface area contributed by atoms with Gasteiger partial charge in [0.2, 0.25) is 0 Å². The average molecular weight is 277 g/mol. The van der Waals surface area contributed by atoms with Gasteiger partial charge in [-0.2, -0.15) is 0 Å². The van der Waals surface area contributed by atoms with E-state index in [2.05, 4.69) is 35.5 Å². The fourth-order valence-corrected chi connectivity index (χ4v) is 2.78. The van der Waals surface area contributed by atoms with E-state index >= 15 is 0 Å². The van der Waals surface area contributed by atoms with Crippen LogP contribution in [-0.2, 0) is 0 Å². The van der Waals surface area contributed by atoms with Crippen LogP contribution in [0.1, 0.15) is 39.2 Å². The molecule has 0 saturated carbocycles. The number of hydrogen-bond acceptors (Lipinski definition) is 3. The molecule has 0 radical (unpaired) electrons. The first-order chi connectivity index (χ1) is 8.97. The molecule has 2 amide bonds. The number of rotatable bonds is 3. The van der Waals surface area contributed by atoms with Crippen LogP contribution >= 0.6 is 11.3 Å². The molecule has 0 bridgehead atoms. The largest absolute Gasteiger partial charge is 0.336 e. The van der Waals surface area contributed by atoms with Crippen molar-refractivity contribution in [2.75, 3.05) is 5.32 Å². The van der Waals surface area contributed by atoms with Crippen LogP contribution in [0.5, 0.6) is 0 Å². The van der Waals surface area contributed by atoms with E-state index in [0.29, 0.717) is 11.0 Å². The molecular weight excluding hydrogens is 258 g/mol. The quantitative estimate of drug-likeness (QED) is 0.892. The number of amides is 2. The smallest absolute Gasteiger partial charge is 0.321 e. The molecule has 0 unspecified atom stereocenters. The number of carbonyl (C=O) groups excluding carboxylic acids is 1. The van der Waals surface area contributed by atoms with E-state index < -0.39 is 0 Å². The molecular formula is C14H19N3OS. The second-order valence-electron chi connectivity index (χ2n) is 5.12. The van der Waals surface area contributed by atoms with Crippen molar-refractivity contribution >= 4 is 32.7 Å². The first kappa shape index (κ1) is 13.8. The van der Waals surface area contributed by atoms with E-state index in [1.165, 1.54) is 16.9 Å². The van der Waals surface area contributed by atoms with Crippen molar-refractivity contribution < 1.29 is 4.79 Å². The van der Waals surface area contributed by atoms with Crippen LogP contribution in [0, 0.1) is 0 Å². The third-order valence-corrected chi connectivity index (χ3v) is 3.65. The Balaban J connectivity index is 2.27. The second-order valence-corrected chi connectivity index (χ2v) is 6.15. The molecule has 1 aromatic heterocycles. The fraction of sp³-hybridized carbons (Fsp3) is 0.429. The Hall–Kier alpha value is -1.62. The predicted octanol–water partition coefficient (Wildman–Crippen LogP) is 3.95.